The molecule has 0 aromatic heterocycles. The third-order valence-electron chi connectivity index (χ3n) is 2.85. The van der Waals surface area contributed by atoms with Gasteiger partial charge < -0.3 is 10.8 Å². The van der Waals surface area contributed by atoms with Crippen molar-refractivity contribution in [3.8, 4) is 0 Å². The Kier molecular flexibility index (Phi) is 2.78. The van der Waals surface area contributed by atoms with Crippen LogP contribution in [0.2, 0.25) is 0 Å². The summed E-state index contributed by atoms with van der Waals surface area (Å²) in [5.41, 5.74) is 8.20. The summed E-state index contributed by atoms with van der Waals surface area (Å²) in [5.74, 6) is 0. The van der Waals surface area contributed by atoms with E-state index in [1.165, 1.54) is 11.1 Å². The summed E-state index contributed by atoms with van der Waals surface area (Å²) in [6, 6.07) is 8.44. The molecule has 1 aromatic carbocycles. The number of nitrogens with zero attached hydrogens (tertiary/aromatic N) is 1. The molecule has 3 N–H and O–H groups in total. The standard InChI is InChI=1S/C12H18N2O/c1-12(13,9-15)8-14-6-10-4-2-3-5-11(10)7-14/h2-5,15H,6-9,13H2,1H3. The molecule has 15 heavy (non-hydrogen) atoms. The maximum atomic E-state index is 9.12. The second-order valence-corrected chi connectivity index (χ2v) is 4.73. The third kappa shape index (κ3) is 2.37. The van der Waals surface area contributed by atoms with Crippen molar-refractivity contribution in [2.24, 2.45) is 5.73 Å². The molecular formula is C12H18N2O. The van der Waals surface area contributed by atoms with Gasteiger partial charge in [0.1, 0.15) is 0 Å². The monoisotopic (exact) mass is 206 g/mol. The molecule has 82 valence electrons. The first-order valence-corrected chi connectivity index (χ1v) is 5.30. The maximum Gasteiger partial charge on any atom is 0.0621 e. The average Bonchev–Trinajstić information content (AvgIpc) is 2.58. The van der Waals surface area contributed by atoms with Gasteiger partial charge in [-0.15, -0.1) is 0 Å². The van der Waals surface area contributed by atoms with Gasteiger partial charge >= 0.3 is 0 Å². The van der Waals surface area contributed by atoms with Crippen LogP contribution in [0.25, 0.3) is 0 Å². The van der Waals surface area contributed by atoms with Crippen LogP contribution < -0.4 is 5.73 Å². The Morgan fingerprint density at radius 2 is 1.87 bits per heavy atom. The van der Waals surface area contributed by atoms with E-state index in [2.05, 4.69) is 29.2 Å². The van der Waals surface area contributed by atoms with Gasteiger partial charge in [-0.2, -0.15) is 0 Å². The number of hydrogen-bond acceptors (Lipinski definition) is 3. The average molecular weight is 206 g/mol. The van der Waals surface area contributed by atoms with Gasteiger partial charge in [0.05, 0.1) is 6.61 Å². The van der Waals surface area contributed by atoms with E-state index in [1.807, 2.05) is 6.92 Å². The van der Waals surface area contributed by atoms with Crippen molar-refractivity contribution in [1.82, 2.24) is 4.90 Å². The first kappa shape index (κ1) is 10.6. The van der Waals surface area contributed by atoms with Crippen LogP contribution in [0.3, 0.4) is 0 Å². The van der Waals surface area contributed by atoms with Gasteiger partial charge in [0, 0.05) is 25.2 Å². The Hall–Kier alpha value is -0.900. The fourth-order valence-electron chi connectivity index (χ4n) is 2.08. The zero-order valence-electron chi connectivity index (χ0n) is 9.11. The number of aliphatic hydroxyl groups excluding tert-OH is 1. The Morgan fingerprint density at radius 1 is 1.33 bits per heavy atom. The van der Waals surface area contributed by atoms with E-state index in [-0.39, 0.29) is 6.61 Å². The molecular weight excluding hydrogens is 188 g/mol. The van der Waals surface area contributed by atoms with E-state index in [0.29, 0.717) is 0 Å². The van der Waals surface area contributed by atoms with Crippen molar-refractivity contribution in [3.05, 3.63) is 35.4 Å². The van der Waals surface area contributed by atoms with Gasteiger partial charge in [0.2, 0.25) is 0 Å². The molecule has 0 bridgehead atoms. The molecule has 0 amide bonds. The van der Waals surface area contributed by atoms with Crippen LogP contribution in [0, 0.1) is 0 Å². The van der Waals surface area contributed by atoms with Crippen molar-refractivity contribution in [2.45, 2.75) is 25.6 Å². The Bertz CT molecular complexity index is 324. The summed E-state index contributed by atoms with van der Waals surface area (Å²) >= 11 is 0. The molecule has 2 rings (SSSR count). The van der Waals surface area contributed by atoms with Crippen molar-refractivity contribution in [3.63, 3.8) is 0 Å². The first-order valence-electron chi connectivity index (χ1n) is 5.30. The number of aliphatic hydroxyl groups is 1. The smallest absolute Gasteiger partial charge is 0.0621 e. The highest BCUT2D eigenvalue weighted by atomic mass is 16.3. The molecule has 0 saturated heterocycles. The summed E-state index contributed by atoms with van der Waals surface area (Å²) in [6.45, 7) is 4.54. The maximum absolute atomic E-state index is 9.12. The summed E-state index contributed by atoms with van der Waals surface area (Å²) in [4.78, 5) is 2.28. The predicted molar refractivity (Wildman–Crippen MR) is 60.2 cm³/mol. The number of fused-ring (bicyclic) bond motifs is 1. The molecule has 0 fully saturated rings. The molecule has 3 heteroatoms. The number of hydrogen-bond donors (Lipinski definition) is 2. The van der Waals surface area contributed by atoms with Gasteiger partial charge in [-0.05, 0) is 18.1 Å². The molecule has 1 aliphatic heterocycles. The van der Waals surface area contributed by atoms with E-state index in [9.17, 15) is 0 Å². The van der Waals surface area contributed by atoms with E-state index < -0.39 is 5.54 Å². The molecule has 1 aromatic rings. The molecule has 3 nitrogen and oxygen atoms in total. The fraction of sp³-hybridized carbons (Fsp3) is 0.500. The SMILES string of the molecule is CC(N)(CO)CN1Cc2ccccc2C1. The molecule has 0 aliphatic carbocycles. The van der Waals surface area contributed by atoms with Crippen molar-refractivity contribution in [1.29, 1.82) is 0 Å². The zero-order valence-corrected chi connectivity index (χ0v) is 9.11. The van der Waals surface area contributed by atoms with Crippen LogP contribution in [0.1, 0.15) is 18.1 Å². The number of rotatable bonds is 3. The Balaban J connectivity index is 2.02. The third-order valence-corrected chi connectivity index (χ3v) is 2.85. The normalized spacial score (nSPS) is 19.9. The number of benzene rings is 1. The van der Waals surface area contributed by atoms with Crippen LogP contribution in [0.15, 0.2) is 24.3 Å². The van der Waals surface area contributed by atoms with Crippen molar-refractivity contribution in [2.75, 3.05) is 13.2 Å². The molecule has 0 radical (unpaired) electrons. The minimum atomic E-state index is -0.498. The van der Waals surface area contributed by atoms with E-state index in [0.717, 1.165) is 19.6 Å². The van der Waals surface area contributed by atoms with Crippen LogP contribution in [0.5, 0.6) is 0 Å². The first-order chi connectivity index (χ1) is 7.11. The lowest BCUT2D eigenvalue weighted by molar-refractivity contribution is 0.147. The minimum absolute atomic E-state index is 0.0276. The van der Waals surface area contributed by atoms with Gasteiger partial charge in [0.25, 0.3) is 0 Å². The van der Waals surface area contributed by atoms with Gasteiger partial charge in [-0.1, -0.05) is 24.3 Å². The second kappa shape index (κ2) is 3.93. The Labute approximate surface area is 90.5 Å². The zero-order chi connectivity index (χ0) is 10.9. The van der Waals surface area contributed by atoms with E-state index in [1.54, 1.807) is 0 Å². The minimum Gasteiger partial charge on any atom is -0.394 e. The summed E-state index contributed by atoms with van der Waals surface area (Å²) < 4.78 is 0. The Morgan fingerprint density at radius 3 is 2.33 bits per heavy atom. The highest BCUT2D eigenvalue weighted by molar-refractivity contribution is 5.30. The van der Waals surface area contributed by atoms with E-state index in [4.69, 9.17) is 10.8 Å². The molecule has 1 atom stereocenters. The highest BCUT2D eigenvalue weighted by Gasteiger charge is 2.25. The van der Waals surface area contributed by atoms with Gasteiger partial charge in [0.15, 0.2) is 0 Å². The van der Waals surface area contributed by atoms with Gasteiger partial charge in [-0.25, -0.2) is 0 Å². The molecule has 0 saturated carbocycles. The van der Waals surface area contributed by atoms with Crippen molar-refractivity contribution >= 4 is 0 Å². The number of nitrogens with two attached hydrogens (primary N) is 1. The van der Waals surface area contributed by atoms with Crippen LogP contribution in [-0.2, 0) is 13.1 Å². The lowest BCUT2D eigenvalue weighted by atomic mass is 10.1. The summed E-state index contributed by atoms with van der Waals surface area (Å²) in [7, 11) is 0. The van der Waals surface area contributed by atoms with E-state index >= 15 is 0 Å². The molecule has 1 unspecified atom stereocenters. The van der Waals surface area contributed by atoms with Crippen LogP contribution in [0.4, 0.5) is 0 Å². The largest absolute Gasteiger partial charge is 0.394 e. The predicted octanol–water partition coefficient (Wildman–Crippen LogP) is 0.712. The van der Waals surface area contributed by atoms with Gasteiger partial charge in [-0.3, -0.25) is 4.90 Å². The summed E-state index contributed by atoms with van der Waals surface area (Å²) in [6.07, 6.45) is 0. The molecule has 0 spiro atoms. The van der Waals surface area contributed by atoms with Crippen molar-refractivity contribution < 1.29 is 5.11 Å². The summed E-state index contributed by atoms with van der Waals surface area (Å²) in [5, 5.41) is 9.12. The second-order valence-electron chi connectivity index (χ2n) is 4.73. The molecule has 1 heterocycles. The lowest BCUT2D eigenvalue weighted by Gasteiger charge is -2.27. The lowest BCUT2D eigenvalue weighted by Crippen LogP contribution is -2.49. The highest BCUT2D eigenvalue weighted by Crippen LogP contribution is 2.23. The van der Waals surface area contributed by atoms with Crippen LogP contribution in [-0.4, -0.2) is 28.7 Å². The quantitative estimate of drug-likeness (QED) is 0.766. The topological polar surface area (TPSA) is 49.5 Å². The van der Waals surface area contributed by atoms with Crippen LogP contribution >= 0.6 is 0 Å². The fourth-order valence-corrected chi connectivity index (χ4v) is 2.08. The molecule has 1 aliphatic rings.